The number of benzene rings is 2. The molecule has 6 nitrogen and oxygen atoms in total. The van der Waals surface area contributed by atoms with Gasteiger partial charge in [-0.3, -0.25) is 10.2 Å². The fourth-order valence-corrected chi connectivity index (χ4v) is 2.49. The zero-order valence-corrected chi connectivity index (χ0v) is 13.6. The average molecular weight is 322 g/mol. The molecule has 3 aromatic rings. The van der Waals surface area contributed by atoms with Crippen LogP contribution in [0.3, 0.4) is 0 Å². The van der Waals surface area contributed by atoms with E-state index in [1.54, 1.807) is 24.3 Å². The van der Waals surface area contributed by atoms with Crippen LogP contribution in [0.2, 0.25) is 0 Å². The highest BCUT2D eigenvalue weighted by Crippen LogP contribution is 2.17. The van der Waals surface area contributed by atoms with Gasteiger partial charge in [-0.2, -0.15) is 0 Å². The highest BCUT2D eigenvalue weighted by molar-refractivity contribution is 6.11. The summed E-state index contributed by atoms with van der Waals surface area (Å²) in [5.41, 5.74) is 9.82. The van der Waals surface area contributed by atoms with Gasteiger partial charge in [0.1, 0.15) is 0 Å². The Bertz CT molecular complexity index is 926. The Balaban J connectivity index is 1.96. The molecule has 0 bridgehead atoms. The lowest BCUT2D eigenvalue weighted by Crippen LogP contribution is -2.42. The number of fused-ring (bicyclic) bond motifs is 1. The van der Waals surface area contributed by atoms with E-state index < -0.39 is 0 Å². The van der Waals surface area contributed by atoms with Gasteiger partial charge in [0, 0.05) is 17.3 Å². The lowest BCUT2D eigenvalue weighted by molar-refractivity contribution is -0.112. The maximum absolute atomic E-state index is 12.1. The second-order valence-corrected chi connectivity index (χ2v) is 5.95. The van der Waals surface area contributed by atoms with Crippen LogP contribution in [0.5, 0.6) is 0 Å². The van der Waals surface area contributed by atoms with Crippen molar-refractivity contribution in [1.29, 1.82) is 0 Å². The van der Waals surface area contributed by atoms with E-state index in [1.807, 2.05) is 32.0 Å². The Morgan fingerprint density at radius 3 is 2.71 bits per heavy atom. The predicted molar refractivity (Wildman–Crippen MR) is 94.7 cm³/mol. The number of nitrogens with zero attached hydrogens (tertiary/aromatic N) is 1. The summed E-state index contributed by atoms with van der Waals surface area (Å²) in [5.74, 6) is 0.414. The van der Waals surface area contributed by atoms with Crippen molar-refractivity contribution in [3.8, 4) is 0 Å². The molecular formula is C18H20N5O+. The van der Waals surface area contributed by atoms with Crippen LogP contribution < -0.4 is 16.5 Å². The summed E-state index contributed by atoms with van der Waals surface area (Å²) in [6.07, 6.45) is 0. The van der Waals surface area contributed by atoms with Crippen LogP contribution in [-0.2, 0) is 0 Å². The fourth-order valence-electron chi connectivity index (χ4n) is 2.49. The second-order valence-electron chi connectivity index (χ2n) is 5.95. The highest BCUT2D eigenvalue weighted by Gasteiger charge is 2.18. The zero-order chi connectivity index (χ0) is 17.3. The minimum absolute atomic E-state index is 0.0792. The number of hydrogen-bond acceptors (Lipinski definition) is 3. The van der Waals surface area contributed by atoms with Gasteiger partial charge in [0.15, 0.2) is 0 Å². The van der Waals surface area contributed by atoms with E-state index in [9.17, 15) is 4.79 Å². The number of carbonyl (C=O) groups excluding carboxylic acids is 1. The maximum Gasteiger partial charge on any atom is 0.251 e. The summed E-state index contributed by atoms with van der Waals surface area (Å²) in [4.78, 5) is 19.8. The van der Waals surface area contributed by atoms with Crippen molar-refractivity contribution in [2.24, 2.45) is 0 Å². The number of H-pyrrole nitrogens is 1. The maximum atomic E-state index is 12.1. The Hall–Kier alpha value is -3.15. The molecule has 0 fully saturated rings. The fraction of sp³-hybridized carbons (Fsp3) is 0.167. The number of anilines is 1. The zero-order valence-electron chi connectivity index (χ0n) is 13.6. The lowest BCUT2D eigenvalue weighted by atomic mass is 10.1. The first-order valence-corrected chi connectivity index (χ1v) is 7.74. The van der Waals surface area contributed by atoms with Crippen molar-refractivity contribution < 1.29 is 10.2 Å². The standard InChI is InChI=1S/C18H19N5O/c1-10(2)21-18(24)11-7-8-14-15(9-11)23-17(22-14)16(20)12-5-3-4-6-13(12)19/h3-10,20H,19H2,1-2H3,(H,21,24)(H,22,23)/p+1. The minimum atomic E-state index is -0.118. The van der Waals surface area contributed by atoms with Gasteiger partial charge in [0.05, 0.1) is 16.6 Å². The number of nitrogen functional groups attached to an aromatic ring is 1. The molecule has 0 aliphatic heterocycles. The molecule has 6 heteroatoms. The largest absolute Gasteiger partial charge is 0.398 e. The minimum Gasteiger partial charge on any atom is -0.398 e. The van der Waals surface area contributed by atoms with Crippen LogP contribution in [0.4, 0.5) is 5.69 Å². The summed E-state index contributed by atoms with van der Waals surface area (Å²) in [7, 11) is 0. The van der Waals surface area contributed by atoms with Crippen LogP contribution >= 0.6 is 0 Å². The number of nitrogens with two attached hydrogens (primary N) is 2. The molecule has 0 atom stereocenters. The predicted octanol–water partition coefficient (Wildman–Crippen LogP) is 0.880. The van der Waals surface area contributed by atoms with Gasteiger partial charge in [-0.25, -0.2) is 4.98 Å². The number of imidazole rings is 1. The van der Waals surface area contributed by atoms with E-state index in [2.05, 4.69) is 15.3 Å². The van der Waals surface area contributed by atoms with Gasteiger partial charge in [-0.05, 0) is 44.2 Å². The monoisotopic (exact) mass is 322 g/mol. The number of amides is 1. The topological polar surface area (TPSA) is 109 Å². The number of para-hydroxylation sites is 1. The number of rotatable bonds is 4. The van der Waals surface area contributed by atoms with Crippen LogP contribution in [0.1, 0.15) is 35.6 Å². The SMILES string of the molecule is CC(C)NC(=O)c1ccc2nc(C(=[NH2+])c3ccccc3N)[nH]c2c1. The second kappa shape index (κ2) is 6.16. The van der Waals surface area contributed by atoms with E-state index in [-0.39, 0.29) is 11.9 Å². The molecule has 6 N–H and O–H groups in total. The molecule has 0 saturated heterocycles. The summed E-state index contributed by atoms with van der Waals surface area (Å²) in [6.45, 7) is 3.84. The van der Waals surface area contributed by atoms with Crippen LogP contribution in [-0.4, -0.2) is 27.6 Å². The lowest BCUT2D eigenvalue weighted by Gasteiger charge is -2.07. The third kappa shape index (κ3) is 2.99. The van der Waals surface area contributed by atoms with Gasteiger partial charge in [-0.1, -0.05) is 12.1 Å². The third-order valence-corrected chi connectivity index (χ3v) is 3.67. The van der Waals surface area contributed by atoms with Crippen LogP contribution in [0, 0.1) is 0 Å². The van der Waals surface area contributed by atoms with Crippen molar-refractivity contribution in [2.75, 3.05) is 5.73 Å². The molecule has 1 amide bonds. The van der Waals surface area contributed by atoms with Gasteiger partial charge in [0.2, 0.25) is 11.5 Å². The number of aromatic nitrogens is 2. The first kappa shape index (κ1) is 15.7. The normalized spacial score (nSPS) is 11.0. The Labute approximate surface area is 139 Å². The van der Waals surface area contributed by atoms with Gasteiger partial charge in [-0.15, -0.1) is 0 Å². The van der Waals surface area contributed by atoms with E-state index in [4.69, 9.17) is 11.1 Å². The van der Waals surface area contributed by atoms with Crippen molar-refractivity contribution in [3.63, 3.8) is 0 Å². The summed E-state index contributed by atoms with van der Waals surface area (Å²) in [5, 5.41) is 9.08. The van der Waals surface area contributed by atoms with E-state index in [0.717, 1.165) is 16.6 Å². The van der Waals surface area contributed by atoms with Crippen LogP contribution in [0.15, 0.2) is 42.5 Å². The number of carbonyl (C=O) groups is 1. The Morgan fingerprint density at radius 2 is 2.00 bits per heavy atom. The highest BCUT2D eigenvalue weighted by atomic mass is 16.1. The van der Waals surface area contributed by atoms with E-state index in [1.165, 1.54) is 0 Å². The molecule has 0 aliphatic rings. The summed E-state index contributed by atoms with van der Waals surface area (Å²) >= 11 is 0. The molecule has 2 aromatic carbocycles. The van der Waals surface area contributed by atoms with E-state index in [0.29, 0.717) is 22.8 Å². The molecule has 3 rings (SSSR count). The Morgan fingerprint density at radius 1 is 1.25 bits per heavy atom. The van der Waals surface area contributed by atoms with Crippen molar-refractivity contribution in [3.05, 3.63) is 59.4 Å². The van der Waals surface area contributed by atoms with Crippen molar-refractivity contribution in [1.82, 2.24) is 15.3 Å². The molecular weight excluding hydrogens is 302 g/mol. The Kier molecular flexibility index (Phi) is 4.04. The molecule has 0 spiro atoms. The molecule has 0 unspecified atom stereocenters. The molecule has 0 saturated carbocycles. The van der Waals surface area contributed by atoms with Crippen molar-refractivity contribution in [2.45, 2.75) is 19.9 Å². The molecule has 0 radical (unpaired) electrons. The molecule has 24 heavy (non-hydrogen) atoms. The summed E-state index contributed by atoms with van der Waals surface area (Å²) < 4.78 is 0. The molecule has 0 aliphatic carbocycles. The molecule has 1 aromatic heterocycles. The van der Waals surface area contributed by atoms with Crippen molar-refractivity contribution >= 4 is 28.3 Å². The first-order valence-electron chi connectivity index (χ1n) is 7.74. The third-order valence-electron chi connectivity index (χ3n) is 3.67. The van der Waals surface area contributed by atoms with Gasteiger partial charge < -0.3 is 16.0 Å². The van der Waals surface area contributed by atoms with Crippen LogP contribution in [0.25, 0.3) is 11.0 Å². The van der Waals surface area contributed by atoms with E-state index >= 15 is 0 Å². The number of hydrogen-bond donors (Lipinski definition) is 4. The average Bonchev–Trinajstić information content (AvgIpc) is 2.97. The first-order chi connectivity index (χ1) is 11.5. The quantitative estimate of drug-likeness (QED) is 0.423. The van der Waals surface area contributed by atoms with Gasteiger partial charge in [0.25, 0.3) is 5.91 Å². The number of nitrogens with one attached hydrogen (secondary N) is 2. The molecule has 122 valence electrons. The smallest absolute Gasteiger partial charge is 0.251 e. The number of aromatic amines is 1. The summed E-state index contributed by atoms with van der Waals surface area (Å²) in [6, 6.07) is 12.8. The molecule has 1 heterocycles. The van der Waals surface area contributed by atoms with Gasteiger partial charge >= 0.3 is 0 Å².